The zero-order chi connectivity index (χ0) is 28.8. The van der Waals surface area contributed by atoms with Crippen molar-refractivity contribution < 1.29 is 28.7 Å². The van der Waals surface area contributed by atoms with Gasteiger partial charge in [-0.05, 0) is 86.6 Å². The fourth-order valence-corrected chi connectivity index (χ4v) is 6.65. The summed E-state index contributed by atoms with van der Waals surface area (Å²) in [6.45, 7) is 1.37. The third-order valence-corrected chi connectivity index (χ3v) is 8.78. The summed E-state index contributed by atoms with van der Waals surface area (Å²) in [5, 5.41) is 1.98. The SMILES string of the molecule is Cc1ccc(C(=O)Oc2ccc(C(=O)CN(C(=O)c3ccccc3Cl)N3C(=O)[C@@H]4[C@H]5CC[C@@H](C5)[C@@H]4C3=O)cc2)cc1. The molecule has 2 aliphatic carbocycles. The van der Waals surface area contributed by atoms with Gasteiger partial charge in [-0.15, -0.1) is 0 Å². The van der Waals surface area contributed by atoms with Gasteiger partial charge in [-0.3, -0.25) is 19.2 Å². The number of amides is 3. The maximum atomic E-state index is 13.7. The molecule has 6 rings (SSSR count). The monoisotopic (exact) mass is 570 g/mol. The first-order valence-electron chi connectivity index (χ1n) is 13.6. The van der Waals surface area contributed by atoms with E-state index in [9.17, 15) is 24.0 Å². The Morgan fingerprint density at radius 3 is 2.05 bits per heavy atom. The van der Waals surface area contributed by atoms with E-state index in [1.165, 1.54) is 36.4 Å². The minimum absolute atomic E-state index is 0.0842. The molecule has 41 heavy (non-hydrogen) atoms. The number of fused-ring (bicyclic) bond motifs is 5. The molecule has 0 unspecified atom stereocenters. The van der Waals surface area contributed by atoms with Gasteiger partial charge in [0.05, 0.1) is 28.0 Å². The number of rotatable bonds is 7. The molecule has 0 aromatic heterocycles. The highest BCUT2D eigenvalue weighted by Gasteiger charge is 2.62. The number of Topliss-reactive ketones (excluding diaryl/α,β-unsaturated/α-hetero) is 1. The second kappa shape index (κ2) is 10.6. The molecule has 3 aromatic carbocycles. The van der Waals surface area contributed by atoms with Crippen molar-refractivity contribution in [1.82, 2.24) is 10.0 Å². The third-order valence-electron chi connectivity index (χ3n) is 8.45. The van der Waals surface area contributed by atoms with Crippen LogP contribution in [-0.2, 0) is 9.59 Å². The molecule has 1 aliphatic heterocycles. The number of ether oxygens (including phenoxy) is 1. The van der Waals surface area contributed by atoms with Crippen LogP contribution in [0, 0.1) is 30.6 Å². The smallest absolute Gasteiger partial charge is 0.343 e. The number of halogens is 1. The lowest BCUT2D eigenvalue weighted by molar-refractivity contribution is -0.155. The van der Waals surface area contributed by atoms with Gasteiger partial charge < -0.3 is 4.74 Å². The van der Waals surface area contributed by atoms with Crippen LogP contribution in [0.4, 0.5) is 0 Å². The maximum Gasteiger partial charge on any atom is 0.343 e. The number of hydrogen-bond acceptors (Lipinski definition) is 6. The minimum Gasteiger partial charge on any atom is -0.423 e. The first kappa shape index (κ1) is 26.9. The van der Waals surface area contributed by atoms with Crippen LogP contribution in [0.5, 0.6) is 5.75 Å². The second-order valence-corrected chi connectivity index (χ2v) is 11.3. The summed E-state index contributed by atoms with van der Waals surface area (Å²) < 4.78 is 5.42. The Hall–Kier alpha value is -4.30. The molecular weight excluding hydrogens is 544 g/mol. The lowest BCUT2D eigenvalue weighted by atomic mass is 9.81. The number of imide groups is 1. The zero-order valence-corrected chi connectivity index (χ0v) is 23.0. The van der Waals surface area contributed by atoms with Gasteiger partial charge in [0.25, 0.3) is 17.7 Å². The number of carbonyl (C=O) groups excluding carboxylic acids is 5. The van der Waals surface area contributed by atoms with Gasteiger partial charge in [-0.25, -0.2) is 9.80 Å². The molecule has 2 bridgehead atoms. The van der Waals surface area contributed by atoms with E-state index < -0.39 is 47.9 Å². The highest BCUT2D eigenvalue weighted by molar-refractivity contribution is 6.34. The number of aryl methyl sites for hydroxylation is 1. The summed E-state index contributed by atoms with van der Waals surface area (Å²) >= 11 is 6.30. The van der Waals surface area contributed by atoms with Crippen LogP contribution in [0.25, 0.3) is 0 Å². The summed E-state index contributed by atoms with van der Waals surface area (Å²) in [5.41, 5.74) is 1.71. The number of hydrazine groups is 1. The molecular formula is C32H27ClN2O6. The minimum atomic E-state index is -0.707. The maximum absolute atomic E-state index is 13.7. The van der Waals surface area contributed by atoms with Crippen molar-refractivity contribution >= 4 is 41.1 Å². The van der Waals surface area contributed by atoms with Crippen molar-refractivity contribution in [3.8, 4) is 5.75 Å². The van der Waals surface area contributed by atoms with Gasteiger partial charge in [0.1, 0.15) is 12.3 Å². The van der Waals surface area contributed by atoms with Gasteiger partial charge in [-0.2, -0.15) is 5.01 Å². The van der Waals surface area contributed by atoms with Gasteiger partial charge in [0.15, 0.2) is 5.78 Å². The average molecular weight is 571 g/mol. The summed E-state index contributed by atoms with van der Waals surface area (Å²) in [6.07, 6.45) is 2.62. The molecule has 3 fully saturated rings. The van der Waals surface area contributed by atoms with Gasteiger partial charge >= 0.3 is 5.97 Å². The molecule has 8 nitrogen and oxygen atoms in total. The van der Waals surface area contributed by atoms with Gasteiger partial charge in [0.2, 0.25) is 0 Å². The molecule has 0 radical (unpaired) electrons. The topological polar surface area (TPSA) is 101 Å². The first-order valence-corrected chi connectivity index (χ1v) is 14.0. The van der Waals surface area contributed by atoms with Crippen LogP contribution in [0.15, 0.2) is 72.8 Å². The van der Waals surface area contributed by atoms with E-state index in [4.69, 9.17) is 16.3 Å². The van der Waals surface area contributed by atoms with Crippen LogP contribution in [0.1, 0.15) is 55.9 Å². The Labute approximate surface area is 241 Å². The van der Waals surface area contributed by atoms with Crippen molar-refractivity contribution in [2.75, 3.05) is 6.54 Å². The number of esters is 1. The van der Waals surface area contributed by atoms with Crippen molar-refractivity contribution in [2.24, 2.45) is 23.7 Å². The van der Waals surface area contributed by atoms with Gasteiger partial charge in [0, 0.05) is 5.56 Å². The molecule has 1 saturated heterocycles. The van der Waals surface area contributed by atoms with Crippen LogP contribution in [0.2, 0.25) is 5.02 Å². The predicted octanol–water partition coefficient (Wildman–Crippen LogP) is 5.14. The molecule has 1 heterocycles. The van der Waals surface area contributed by atoms with Crippen LogP contribution >= 0.6 is 11.6 Å². The summed E-state index contributed by atoms with van der Waals surface area (Å²) in [5.74, 6) is -3.04. The number of carbonyl (C=O) groups is 5. The molecule has 208 valence electrons. The number of benzene rings is 3. The van der Waals surface area contributed by atoms with Crippen molar-refractivity contribution in [1.29, 1.82) is 0 Å². The van der Waals surface area contributed by atoms with E-state index >= 15 is 0 Å². The Morgan fingerprint density at radius 1 is 0.854 bits per heavy atom. The van der Waals surface area contributed by atoms with E-state index in [2.05, 4.69) is 0 Å². The van der Waals surface area contributed by atoms with Crippen LogP contribution < -0.4 is 4.74 Å². The molecule has 3 amide bonds. The summed E-state index contributed by atoms with van der Waals surface area (Å²) in [6, 6.07) is 19.2. The quantitative estimate of drug-likeness (QED) is 0.169. The highest BCUT2D eigenvalue weighted by atomic mass is 35.5. The molecule has 2 saturated carbocycles. The fraction of sp³-hybridized carbons (Fsp3) is 0.281. The number of nitrogens with zero attached hydrogens (tertiary/aromatic N) is 2. The summed E-state index contributed by atoms with van der Waals surface area (Å²) in [7, 11) is 0. The standard InChI is InChI=1S/C32H27ClN2O6/c1-18-6-8-20(9-7-18)32(40)41-23-14-12-19(13-15-23)26(36)17-34(29(37)24-4-2-3-5-25(24)33)35-30(38)27-21-10-11-22(16-21)28(27)31(35)39/h2-9,12-15,21-22,27-28H,10-11,16-17H2,1H3/t21-,22-,27-,28+/m0/s1. The fourth-order valence-electron chi connectivity index (χ4n) is 6.43. The van der Waals surface area contributed by atoms with Crippen molar-refractivity contribution in [2.45, 2.75) is 26.2 Å². The normalized spacial score (nSPS) is 22.5. The second-order valence-electron chi connectivity index (χ2n) is 10.9. The predicted molar refractivity (Wildman–Crippen MR) is 149 cm³/mol. The van der Waals surface area contributed by atoms with Crippen LogP contribution in [0.3, 0.4) is 0 Å². The van der Waals surface area contributed by atoms with Gasteiger partial charge in [-0.1, -0.05) is 41.4 Å². The Balaban J connectivity index is 1.24. The van der Waals surface area contributed by atoms with E-state index in [0.717, 1.165) is 34.8 Å². The number of ketones is 1. The molecule has 0 N–H and O–H groups in total. The number of hydrogen-bond donors (Lipinski definition) is 0. The summed E-state index contributed by atoms with van der Waals surface area (Å²) in [4.78, 5) is 66.8. The zero-order valence-electron chi connectivity index (χ0n) is 22.3. The molecule has 0 spiro atoms. The highest BCUT2D eigenvalue weighted by Crippen LogP contribution is 2.56. The molecule has 9 heteroatoms. The van der Waals surface area contributed by atoms with Crippen molar-refractivity contribution in [3.05, 3.63) is 100 Å². The lowest BCUT2D eigenvalue weighted by Crippen LogP contribution is -2.52. The largest absolute Gasteiger partial charge is 0.423 e. The molecule has 4 atom stereocenters. The lowest BCUT2D eigenvalue weighted by Gasteiger charge is -2.31. The Bertz CT molecular complexity index is 1540. The molecule has 3 aromatic rings. The van der Waals surface area contributed by atoms with E-state index in [-0.39, 0.29) is 33.7 Å². The Kier molecular flexibility index (Phi) is 6.95. The third kappa shape index (κ3) is 4.82. The average Bonchev–Trinajstić information content (AvgIpc) is 3.66. The van der Waals surface area contributed by atoms with E-state index in [0.29, 0.717) is 5.56 Å². The van der Waals surface area contributed by atoms with Crippen molar-refractivity contribution in [3.63, 3.8) is 0 Å². The molecule has 3 aliphatic rings. The van der Waals surface area contributed by atoms with Crippen LogP contribution in [-0.4, -0.2) is 46.0 Å². The van der Waals surface area contributed by atoms with E-state index in [1.54, 1.807) is 24.3 Å². The van der Waals surface area contributed by atoms with E-state index in [1.807, 2.05) is 19.1 Å². The first-order chi connectivity index (χ1) is 19.7. The Morgan fingerprint density at radius 2 is 1.44 bits per heavy atom.